The standard InChI is InChI=1S/C17H20N2O/c1-12-7-9-14(10-8-12)17(20)19-15-6-2-4-13-5-3-11-18-16(13)15/h2-6,11-12,14H,7-10H2,1H3,(H,19,20). The van der Waals surface area contributed by atoms with Crippen LogP contribution in [0.3, 0.4) is 0 Å². The average Bonchev–Trinajstić information content (AvgIpc) is 2.48. The first-order valence-electron chi connectivity index (χ1n) is 7.38. The molecule has 0 saturated heterocycles. The molecule has 0 atom stereocenters. The van der Waals surface area contributed by atoms with Crippen LogP contribution in [-0.4, -0.2) is 10.9 Å². The summed E-state index contributed by atoms with van der Waals surface area (Å²) in [7, 11) is 0. The maximum absolute atomic E-state index is 12.4. The molecular formula is C17H20N2O. The van der Waals surface area contributed by atoms with Crippen LogP contribution in [0.2, 0.25) is 0 Å². The largest absolute Gasteiger partial charge is 0.324 e. The Balaban J connectivity index is 1.77. The van der Waals surface area contributed by atoms with Crippen molar-refractivity contribution < 1.29 is 4.79 Å². The maximum atomic E-state index is 12.4. The minimum Gasteiger partial charge on any atom is -0.324 e. The highest BCUT2D eigenvalue weighted by Gasteiger charge is 2.24. The molecule has 0 aliphatic heterocycles. The van der Waals surface area contributed by atoms with E-state index in [2.05, 4.69) is 17.2 Å². The second-order valence-corrected chi connectivity index (χ2v) is 5.83. The number of carbonyl (C=O) groups is 1. The van der Waals surface area contributed by atoms with Crippen LogP contribution in [0.4, 0.5) is 5.69 Å². The Kier molecular flexibility index (Phi) is 3.68. The molecule has 0 radical (unpaired) electrons. The zero-order valence-electron chi connectivity index (χ0n) is 11.8. The number of benzene rings is 1. The van der Waals surface area contributed by atoms with Crippen molar-refractivity contribution >= 4 is 22.5 Å². The summed E-state index contributed by atoms with van der Waals surface area (Å²) in [5, 5.41) is 4.13. The second-order valence-electron chi connectivity index (χ2n) is 5.83. The lowest BCUT2D eigenvalue weighted by atomic mass is 9.82. The number of nitrogens with zero attached hydrogens (tertiary/aromatic N) is 1. The quantitative estimate of drug-likeness (QED) is 0.894. The van der Waals surface area contributed by atoms with Crippen LogP contribution in [0.1, 0.15) is 32.6 Å². The van der Waals surface area contributed by atoms with E-state index in [0.29, 0.717) is 0 Å². The Hall–Kier alpha value is -1.90. The van der Waals surface area contributed by atoms with E-state index in [4.69, 9.17) is 0 Å². The molecule has 1 N–H and O–H groups in total. The zero-order chi connectivity index (χ0) is 13.9. The Bertz CT molecular complexity index is 610. The molecular weight excluding hydrogens is 248 g/mol. The molecule has 20 heavy (non-hydrogen) atoms. The predicted octanol–water partition coefficient (Wildman–Crippen LogP) is 4.00. The number of amides is 1. The fraction of sp³-hybridized carbons (Fsp3) is 0.412. The summed E-state index contributed by atoms with van der Waals surface area (Å²) < 4.78 is 0. The number of hydrogen-bond donors (Lipinski definition) is 1. The summed E-state index contributed by atoms with van der Waals surface area (Å²) >= 11 is 0. The molecule has 104 valence electrons. The van der Waals surface area contributed by atoms with Gasteiger partial charge in [-0.2, -0.15) is 0 Å². The van der Waals surface area contributed by atoms with Crippen molar-refractivity contribution in [3.63, 3.8) is 0 Å². The first-order valence-corrected chi connectivity index (χ1v) is 7.38. The lowest BCUT2D eigenvalue weighted by Gasteiger charge is -2.25. The van der Waals surface area contributed by atoms with Gasteiger partial charge in [0.15, 0.2) is 0 Å². The molecule has 1 heterocycles. The lowest BCUT2D eigenvalue weighted by molar-refractivity contribution is -0.121. The van der Waals surface area contributed by atoms with E-state index in [1.54, 1.807) is 6.20 Å². The SMILES string of the molecule is CC1CCC(C(=O)Nc2cccc3cccnc23)CC1. The van der Waals surface area contributed by atoms with E-state index in [1.165, 1.54) is 0 Å². The van der Waals surface area contributed by atoms with Gasteiger partial charge in [0.25, 0.3) is 0 Å². The molecule has 0 spiro atoms. The molecule has 1 saturated carbocycles. The first kappa shape index (κ1) is 13.1. The number of aromatic nitrogens is 1. The van der Waals surface area contributed by atoms with Gasteiger partial charge in [-0.3, -0.25) is 9.78 Å². The Morgan fingerprint density at radius 3 is 2.70 bits per heavy atom. The summed E-state index contributed by atoms with van der Waals surface area (Å²) in [6.45, 7) is 2.27. The summed E-state index contributed by atoms with van der Waals surface area (Å²) in [5.74, 6) is 1.07. The predicted molar refractivity (Wildman–Crippen MR) is 81.5 cm³/mol. The summed E-state index contributed by atoms with van der Waals surface area (Å²) in [6.07, 6.45) is 6.09. The minimum absolute atomic E-state index is 0.148. The van der Waals surface area contributed by atoms with E-state index in [1.807, 2.05) is 30.3 Å². The summed E-state index contributed by atoms with van der Waals surface area (Å²) in [4.78, 5) is 16.8. The van der Waals surface area contributed by atoms with Crippen molar-refractivity contribution in [3.8, 4) is 0 Å². The van der Waals surface area contributed by atoms with Gasteiger partial charge >= 0.3 is 0 Å². The summed E-state index contributed by atoms with van der Waals surface area (Å²) in [5.41, 5.74) is 1.69. The number of nitrogens with one attached hydrogen (secondary N) is 1. The molecule has 1 aromatic heterocycles. The topological polar surface area (TPSA) is 42.0 Å². The zero-order valence-corrected chi connectivity index (χ0v) is 11.8. The van der Waals surface area contributed by atoms with Crippen LogP contribution < -0.4 is 5.32 Å². The molecule has 1 amide bonds. The maximum Gasteiger partial charge on any atom is 0.227 e. The number of anilines is 1. The van der Waals surface area contributed by atoms with E-state index in [-0.39, 0.29) is 11.8 Å². The van der Waals surface area contributed by atoms with Gasteiger partial charge in [-0.05, 0) is 43.7 Å². The van der Waals surface area contributed by atoms with Crippen molar-refractivity contribution in [2.75, 3.05) is 5.32 Å². The van der Waals surface area contributed by atoms with Crippen molar-refractivity contribution in [1.29, 1.82) is 0 Å². The summed E-state index contributed by atoms with van der Waals surface area (Å²) in [6, 6.07) is 9.83. The van der Waals surface area contributed by atoms with Gasteiger partial charge in [0.1, 0.15) is 0 Å². The molecule has 0 unspecified atom stereocenters. The van der Waals surface area contributed by atoms with Crippen LogP contribution >= 0.6 is 0 Å². The highest BCUT2D eigenvalue weighted by atomic mass is 16.1. The molecule has 1 aliphatic carbocycles. The molecule has 2 aromatic rings. The Morgan fingerprint density at radius 1 is 1.15 bits per heavy atom. The Labute approximate surface area is 119 Å². The fourth-order valence-corrected chi connectivity index (χ4v) is 2.96. The van der Waals surface area contributed by atoms with E-state index in [9.17, 15) is 4.79 Å². The second kappa shape index (κ2) is 5.61. The van der Waals surface area contributed by atoms with Gasteiger partial charge in [-0.15, -0.1) is 0 Å². The van der Waals surface area contributed by atoms with Gasteiger partial charge < -0.3 is 5.32 Å². The van der Waals surface area contributed by atoms with Gasteiger partial charge in [0.2, 0.25) is 5.91 Å². The fourth-order valence-electron chi connectivity index (χ4n) is 2.96. The minimum atomic E-state index is 0.148. The van der Waals surface area contributed by atoms with Crippen LogP contribution in [0.25, 0.3) is 10.9 Å². The molecule has 1 fully saturated rings. The van der Waals surface area contributed by atoms with Crippen molar-refractivity contribution in [2.24, 2.45) is 11.8 Å². The van der Waals surface area contributed by atoms with Crippen LogP contribution in [-0.2, 0) is 4.79 Å². The third-order valence-corrected chi connectivity index (χ3v) is 4.28. The monoisotopic (exact) mass is 268 g/mol. The number of pyridine rings is 1. The van der Waals surface area contributed by atoms with Crippen LogP contribution in [0.15, 0.2) is 36.5 Å². The number of rotatable bonds is 2. The van der Waals surface area contributed by atoms with Gasteiger partial charge in [0, 0.05) is 17.5 Å². The van der Waals surface area contributed by atoms with Crippen molar-refractivity contribution in [2.45, 2.75) is 32.6 Å². The third-order valence-electron chi connectivity index (χ3n) is 4.28. The number of carbonyl (C=O) groups excluding carboxylic acids is 1. The van der Waals surface area contributed by atoms with Crippen molar-refractivity contribution in [3.05, 3.63) is 36.5 Å². The normalized spacial score (nSPS) is 22.6. The molecule has 3 nitrogen and oxygen atoms in total. The van der Waals surface area contributed by atoms with E-state index < -0.39 is 0 Å². The molecule has 0 bridgehead atoms. The number of fused-ring (bicyclic) bond motifs is 1. The van der Waals surface area contributed by atoms with Crippen LogP contribution in [0, 0.1) is 11.8 Å². The first-order chi connectivity index (χ1) is 9.74. The van der Waals surface area contributed by atoms with Gasteiger partial charge in [-0.1, -0.05) is 25.1 Å². The third kappa shape index (κ3) is 2.67. The van der Waals surface area contributed by atoms with Crippen LogP contribution in [0.5, 0.6) is 0 Å². The Morgan fingerprint density at radius 2 is 1.90 bits per heavy atom. The van der Waals surface area contributed by atoms with Gasteiger partial charge in [-0.25, -0.2) is 0 Å². The van der Waals surface area contributed by atoms with E-state index in [0.717, 1.165) is 48.2 Å². The molecule has 1 aromatic carbocycles. The smallest absolute Gasteiger partial charge is 0.227 e. The molecule has 3 rings (SSSR count). The average molecular weight is 268 g/mol. The highest BCUT2D eigenvalue weighted by Crippen LogP contribution is 2.30. The molecule has 3 heteroatoms. The lowest BCUT2D eigenvalue weighted by Crippen LogP contribution is -2.26. The number of hydrogen-bond acceptors (Lipinski definition) is 2. The van der Waals surface area contributed by atoms with Gasteiger partial charge in [0.05, 0.1) is 11.2 Å². The number of para-hydroxylation sites is 1. The van der Waals surface area contributed by atoms with Crippen molar-refractivity contribution in [1.82, 2.24) is 4.98 Å². The highest BCUT2D eigenvalue weighted by molar-refractivity contribution is 6.01. The molecule has 1 aliphatic rings. The van der Waals surface area contributed by atoms with E-state index >= 15 is 0 Å².